The zero-order chi connectivity index (χ0) is 27.1. The van der Waals surface area contributed by atoms with Gasteiger partial charge >= 0.3 is 0 Å². The summed E-state index contributed by atoms with van der Waals surface area (Å²) in [7, 11) is 1.42. The van der Waals surface area contributed by atoms with Gasteiger partial charge in [0.25, 0.3) is 11.7 Å². The molecule has 5 rings (SSSR count). The molecule has 3 aromatic carbocycles. The molecule has 0 spiro atoms. The number of aliphatic hydroxyl groups is 1. The number of methoxy groups -OCH3 is 1. The lowest BCUT2D eigenvalue weighted by molar-refractivity contribution is -0.132. The smallest absolute Gasteiger partial charge is 0.300 e. The van der Waals surface area contributed by atoms with Crippen molar-refractivity contribution in [3.05, 3.63) is 81.9 Å². The largest absolute Gasteiger partial charge is 0.507 e. The van der Waals surface area contributed by atoms with E-state index in [0.717, 1.165) is 5.56 Å². The molecular formula is C29H26ClNO7. The first-order valence-electron chi connectivity index (χ1n) is 12.0. The van der Waals surface area contributed by atoms with Crippen molar-refractivity contribution in [3.8, 4) is 23.0 Å². The number of aryl methyl sites for hydroxylation is 1. The average molecular weight is 536 g/mol. The fraction of sp³-hybridized carbons (Fsp3) is 0.241. The number of halogens is 1. The molecule has 0 radical (unpaired) electrons. The summed E-state index contributed by atoms with van der Waals surface area (Å²) in [5.74, 6) is -0.198. The van der Waals surface area contributed by atoms with Gasteiger partial charge in [0.1, 0.15) is 17.3 Å². The number of amides is 1. The summed E-state index contributed by atoms with van der Waals surface area (Å²) in [5, 5.41) is 11.8. The Balaban J connectivity index is 1.71. The molecule has 2 aliphatic rings. The van der Waals surface area contributed by atoms with Crippen LogP contribution in [-0.4, -0.2) is 36.8 Å². The Morgan fingerprint density at radius 2 is 1.76 bits per heavy atom. The second-order valence-corrected chi connectivity index (χ2v) is 9.68. The van der Waals surface area contributed by atoms with Crippen molar-refractivity contribution in [2.75, 3.05) is 18.8 Å². The van der Waals surface area contributed by atoms with Crippen LogP contribution in [0, 0.1) is 6.92 Å². The third kappa shape index (κ3) is 4.41. The molecule has 3 aromatic rings. The molecule has 1 unspecified atom stereocenters. The van der Waals surface area contributed by atoms with Crippen molar-refractivity contribution in [1.29, 1.82) is 0 Å². The fourth-order valence-electron chi connectivity index (χ4n) is 4.71. The lowest BCUT2D eigenvalue weighted by Crippen LogP contribution is -2.29. The van der Waals surface area contributed by atoms with Gasteiger partial charge in [0.15, 0.2) is 11.5 Å². The number of fused-ring (bicyclic) bond motifs is 1. The molecule has 0 bridgehead atoms. The second kappa shape index (κ2) is 9.95. The molecule has 196 valence electrons. The lowest BCUT2D eigenvalue weighted by atomic mass is 9.94. The number of ether oxygens (including phenoxy) is 4. The molecule has 0 saturated carbocycles. The van der Waals surface area contributed by atoms with Crippen LogP contribution in [0.5, 0.6) is 23.0 Å². The normalized spacial score (nSPS) is 17.8. The van der Waals surface area contributed by atoms with Crippen LogP contribution in [0.3, 0.4) is 0 Å². The minimum atomic E-state index is -0.951. The molecule has 1 fully saturated rings. The van der Waals surface area contributed by atoms with E-state index in [9.17, 15) is 14.7 Å². The number of carbonyl (C=O) groups is 2. The molecule has 0 aromatic heterocycles. The second-order valence-electron chi connectivity index (χ2n) is 9.27. The molecule has 1 N–H and O–H groups in total. The van der Waals surface area contributed by atoms with Crippen LogP contribution in [0.4, 0.5) is 5.69 Å². The van der Waals surface area contributed by atoms with Gasteiger partial charge in [-0.05, 0) is 68.3 Å². The van der Waals surface area contributed by atoms with Gasteiger partial charge < -0.3 is 24.1 Å². The topological polar surface area (TPSA) is 94.5 Å². The number of nitrogens with zero attached hydrogens (tertiary/aromatic N) is 1. The van der Waals surface area contributed by atoms with Crippen molar-refractivity contribution >= 4 is 34.7 Å². The van der Waals surface area contributed by atoms with Crippen molar-refractivity contribution < 1.29 is 33.6 Å². The number of carbonyl (C=O) groups excluding carboxylic acids is 2. The van der Waals surface area contributed by atoms with E-state index in [1.54, 1.807) is 61.5 Å². The lowest BCUT2D eigenvalue weighted by Gasteiger charge is -2.26. The van der Waals surface area contributed by atoms with Gasteiger partial charge in [0.2, 0.25) is 6.79 Å². The van der Waals surface area contributed by atoms with Crippen molar-refractivity contribution in [1.82, 2.24) is 0 Å². The first kappa shape index (κ1) is 25.5. The molecule has 8 nitrogen and oxygen atoms in total. The van der Waals surface area contributed by atoms with E-state index in [1.165, 1.54) is 12.0 Å². The van der Waals surface area contributed by atoms with Crippen molar-refractivity contribution in [2.24, 2.45) is 0 Å². The maximum absolute atomic E-state index is 13.5. The van der Waals surface area contributed by atoms with Gasteiger partial charge in [0, 0.05) is 11.8 Å². The predicted octanol–water partition coefficient (Wildman–Crippen LogP) is 5.80. The highest BCUT2D eigenvalue weighted by atomic mass is 35.5. The zero-order valence-corrected chi connectivity index (χ0v) is 22.0. The summed E-state index contributed by atoms with van der Waals surface area (Å²) in [5.41, 5.74) is 1.87. The number of hydrogen-bond donors (Lipinski definition) is 1. The van der Waals surface area contributed by atoms with E-state index in [1.807, 2.05) is 13.8 Å². The van der Waals surface area contributed by atoms with Gasteiger partial charge in [-0.15, -0.1) is 0 Å². The highest BCUT2D eigenvalue weighted by molar-refractivity contribution is 6.51. The monoisotopic (exact) mass is 535 g/mol. The third-order valence-corrected chi connectivity index (χ3v) is 6.57. The highest BCUT2D eigenvalue weighted by Crippen LogP contribution is 2.46. The zero-order valence-electron chi connectivity index (χ0n) is 21.3. The van der Waals surface area contributed by atoms with Crippen LogP contribution < -0.4 is 23.8 Å². The van der Waals surface area contributed by atoms with Crippen LogP contribution in [-0.2, 0) is 9.59 Å². The Hall–Kier alpha value is -4.17. The standard InChI is InChI=1S/C29H26ClNO7/c1-15(2)38-19-8-5-17(6-9-19)25-24(26(32)20-11-16(3)12-21(30)28(20)35-4)27(33)29(34)31(25)18-7-10-22-23(13-18)37-14-36-22/h5-13,15,25,32H,14H2,1-4H3/b26-24+. The van der Waals surface area contributed by atoms with E-state index >= 15 is 0 Å². The van der Waals surface area contributed by atoms with Crippen LogP contribution in [0.1, 0.15) is 36.6 Å². The molecule has 38 heavy (non-hydrogen) atoms. The van der Waals surface area contributed by atoms with Crippen molar-refractivity contribution in [3.63, 3.8) is 0 Å². The first-order valence-corrected chi connectivity index (χ1v) is 12.4. The summed E-state index contributed by atoms with van der Waals surface area (Å²) in [6.07, 6.45) is -0.0290. The Morgan fingerprint density at radius 3 is 2.45 bits per heavy atom. The molecule has 1 saturated heterocycles. The molecule has 1 amide bonds. The van der Waals surface area contributed by atoms with Gasteiger partial charge in [-0.25, -0.2) is 0 Å². The minimum absolute atomic E-state index is 0.0290. The Bertz CT molecular complexity index is 1460. The molecule has 1 atom stereocenters. The Morgan fingerprint density at radius 1 is 1.05 bits per heavy atom. The van der Waals surface area contributed by atoms with E-state index in [-0.39, 0.29) is 40.6 Å². The van der Waals surface area contributed by atoms with Crippen LogP contribution in [0.25, 0.3) is 5.76 Å². The fourth-order valence-corrected chi connectivity index (χ4v) is 5.06. The molecule has 2 heterocycles. The number of rotatable bonds is 6. The molecule has 9 heteroatoms. The number of benzene rings is 3. The maximum Gasteiger partial charge on any atom is 0.300 e. The summed E-state index contributed by atoms with van der Waals surface area (Å²) in [4.78, 5) is 28.4. The van der Waals surface area contributed by atoms with Crippen molar-refractivity contribution in [2.45, 2.75) is 32.9 Å². The number of ketones is 1. The maximum atomic E-state index is 13.5. The van der Waals surface area contributed by atoms with E-state index < -0.39 is 17.7 Å². The summed E-state index contributed by atoms with van der Waals surface area (Å²) in [6, 6.07) is 14.4. The summed E-state index contributed by atoms with van der Waals surface area (Å²) >= 11 is 6.38. The van der Waals surface area contributed by atoms with E-state index in [4.69, 9.17) is 30.5 Å². The van der Waals surface area contributed by atoms with Crippen LogP contribution in [0.15, 0.2) is 60.2 Å². The van der Waals surface area contributed by atoms with Gasteiger partial charge in [0.05, 0.1) is 35.4 Å². The number of anilines is 1. The first-order chi connectivity index (χ1) is 18.2. The SMILES string of the molecule is COc1c(Cl)cc(C)cc1/C(O)=C1\C(=O)C(=O)N(c2ccc3c(c2)OCO3)C1c1ccc(OC(C)C)cc1. The summed E-state index contributed by atoms with van der Waals surface area (Å²) < 4.78 is 22.1. The van der Waals surface area contributed by atoms with Gasteiger partial charge in [-0.2, -0.15) is 0 Å². The molecular weight excluding hydrogens is 510 g/mol. The van der Waals surface area contributed by atoms with Crippen LogP contribution >= 0.6 is 11.6 Å². The summed E-state index contributed by atoms with van der Waals surface area (Å²) in [6.45, 7) is 5.70. The molecule has 2 aliphatic heterocycles. The van der Waals surface area contributed by atoms with Gasteiger partial charge in [-0.1, -0.05) is 23.7 Å². The predicted molar refractivity (Wildman–Crippen MR) is 142 cm³/mol. The van der Waals surface area contributed by atoms with E-state index in [0.29, 0.717) is 28.5 Å². The van der Waals surface area contributed by atoms with Crippen LogP contribution in [0.2, 0.25) is 5.02 Å². The Kier molecular flexibility index (Phi) is 6.67. The Labute approximate surface area is 224 Å². The number of hydrogen-bond acceptors (Lipinski definition) is 7. The molecule has 0 aliphatic carbocycles. The average Bonchev–Trinajstić information content (AvgIpc) is 3.45. The highest BCUT2D eigenvalue weighted by Gasteiger charge is 2.47. The quantitative estimate of drug-likeness (QED) is 0.242. The third-order valence-electron chi connectivity index (χ3n) is 6.29. The number of Topliss-reactive ketones (excluding diaryl/α,β-unsaturated/α-hetero) is 1. The van der Waals surface area contributed by atoms with E-state index in [2.05, 4.69) is 0 Å². The van der Waals surface area contributed by atoms with Gasteiger partial charge in [-0.3, -0.25) is 14.5 Å². The minimum Gasteiger partial charge on any atom is -0.507 e. The number of aliphatic hydroxyl groups excluding tert-OH is 1.